The molecule has 0 saturated carbocycles. The Morgan fingerprint density at radius 3 is 2.94 bits per heavy atom. The van der Waals surface area contributed by atoms with Crippen molar-refractivity contribution in [2.75, 3.05) is 11.9 Å². The normalized spacial score (nSPS) is 9.47. The molecule has 0 bridgehead atoms. The van der Waals surface area contributed by atoms with E-state index in [2.05, 4.69) is 37.5 Å². The van der Waals surface area contributed by atoms with Crippen LogP contribution in [0.15, 0.2) is 29.4 Å². The van der Waals surface area contributed by atoms with Gasteiger partial charge in [-0.2, -0.15) is 0 Å². The Kier molecular flexibility index (Phi) is 4.65. The number of amides is 1. The summed E-state index contributed by atoms with van der Waals surface area (Å²) in [6.07, 6.45) is 1.95. The summed E-state index contributed by atoms with van der Waals surface area (Å²) in [7, 11) is 0. The highest BCUT2D eigenvalue weighted by molar-refractivity contribution is 9.10. The molecule has 0 aromatic carbocycles. The molecular weight excluding hydrogens is 292 g/mol. The molecule has 17 heavy (non-hydrogen) atoms. The number of ether oxygens (including phenoxy) is 1. The SMILES string of the molecule is C=CCOC(=O)Nc1cc(Br)cnc1C(=O)O. The molecule has 6 nitrogen and oxygen atoms in total. The number of carboxylic acid groups (broad SMARTS) is 1. The Hall–Kier alpha value is -1.89. The number of nitrogens with one attached hydrogen (secondary N) is 1. The molecule has 1 rings (SSSR count). The molecule has 0 saturated heterocycles. The molecule has 0 aliphatic heterocycles. The van der Waals surface area contributed by atoms with Gasteiger partial charge in [-0.3, -0.25) is 5.32 Å². The van der Waals surface area contributed by atoms with E-state index in [0.29, 0.717) is 4.47 Å². The van der Waals surface area contributed by atoms with Gasteiger partial charge in [0, 0.05) is 10.7 Å². The third-order valence-corrected chi connectivity index (χ3v) is 2.06. The molecule has 90 valence electrons. The van der Waals surface area contributed by atoms with Crippen LogP contribution in [0.25, 0.3) is 0 Å². The smallest absolute Gasteiger partial charge is 0.412 e. The number of carbonyl (C=O) groups is 2. The minimum absolute atomic E-state index is 0.0374. The van der Waals surface area contributed by atoms with Crippen LogP contribution in [-0.4, -0.2) is 28.8 Å². The molecular formula is C10H9BrN2O4. The zero-order chi connectivity index (χ0) is 12.8. The van der Waals surface area contributed by atoms with Crippen molar-refractivity contribution in [2.24, 2.45) is 0 Å². The third-order valence-electron chi connectivity index (χ3n) is 1.63. The molecule has 0 radical (unpaired) electrons. The Balaban J connectivity index is 2.88. The van der Waals surface area contributed by atoms with Crippen LogP contribution in [-0.2, 0) is 4.74 Å². The molecule has 0 atom stereocenters. The highest BCUT2D eigenvalue weighted by Gasteiger charge is 2.14. The van der Waals surface area contributed by atoms with E-state index in [4.69, 9.17) is 5.11 Å². The summed E-state index contributed by atoms with van der Waals surface area (Å²) in [6.45, 7) is 3.42. The van der Waals surface area contributed by atoms with Gasteiger partial charge in [0.15, 0.2) is 5.69 Å². The number of hydrogen-bond donors (Lipinski definition) is 2. The summed E-state index contributed by atoms with van der Waals surface area (Å²) in [5.41, 5.74) is -0.204. The predicted molar refractivity (Wildman–Crippen MR) is 64.1 cm³/mol. The standard InChI is InChI=1S/C10H9BrN2O4/c1-2-3-17-10(16)13-7-4-6(11)5-12-8(7)9(14)15/h2,4-5H,1,3H2,(H,13,16)(H,14,15). The van der Waals surface area contributed by atoms with E-state index >= 15 is 0 Å². The summed E-state index contributed by atoms with van der Waals surface area (Å²) in [6, 6.07) is 1.42. The lowest BCUT2D eigenvalue weighted by Crippen LogP contribution is -2.17. The first-order valence-corrected chi connectivity index (χ1v) is 5.27. The van der Waals surface area contributed by atoms with Crippen LogP contribution in [0, 0.1) is 0 Å². The second kappa shape index (κ2) is 6.00. The van der Waals surface area contributed by atoms with Gasteiger partial charge in [0.1, 0.15) is 6.61 Å². The fourth-order valence-electron chi connectivity index (χ4n) is 0.986. The lowest BCUT2D eigenvalue weighted by atomic mass is 10.3. The minimum atomic E-state index is -1.24. The number of anilines is 1. The Morgan fingerprint density at radius 2 is 2.35 bits per heavy atom. The molecule has 0 spiro atoms. The van der Waals surface area contributed by atoms with Crippen LogP contribution in [0.2, 0.25) is 0 Å². The van der Waals surface area contributed by atoms with Gasteiger partial charge in [-0.05, 0) is 22.0 Å². The van der Waals surface area contributed by atoms with Crippen LogP contribution in [0.3, 0.4) is 0 Å². The zero-order valence-electron chi connectivity index (χ0n) is 8.64. The number of nitrogens with zero attached hydrogens (tertiary/aromatic N) is 1. The number of rotatable bonds is 4. The predicted octanol–water partition coefficient (Wildman–Crippen LogP) is 2.28. The number of carbonyl (C=O) groups excluding carboxylic acids is 1. The van der Waals surface area contributed by atoms with Crippen molar-refractivity contribution in [3.63, 3.8) is 0 Å². The maximum absolute atomic E-state index is 11.2. The van der Waals surface area contributed by atoms with E-state index in [-0.39, 0.29) is 18.0 Å². The quantitative estimate of drug-likeness (QED) is 0.833. The second-order valence-electron chi connectivity index (χ2n) is 2.87. The summed E-state index contributed by atoms with van der Waals surface area (Å²) < 4.78 is 5.21. The topological polar surface area (TPSA) is 88.5 Å². The summed E-state index contributed by atoms with van der Waals surface area (Å²) in [5, 5.41) is 11.1. The Bertz CT molecular complexity index is 462. The van der Waals surface area contributed by atoms with Gasteiger partial charge in [0.2, 0.25) is 0 Å². The van der Waals surface area contributed by atoms with E-state index in [9.17, 15) is 9.59 Å². The second-order valence-corrected chi connectivity index (χ2v) is 3.78. The number of aromatic carboxylic acids is 1. The first kappa shape index (κ1) is 13.2. The lowest BCUT2D eigenvalue weighted by Gasteiger charge is -2.07. The van der Waals surface area contributed by atoms with Gasteiger partial charge in [0.25, 0.3) is 0 Å². The molecule has 1 amide bonds. The maximum atomic E-state index is 11.2. The zero-order valence-corrected chi connectivity index (χ0v) is 10.2. The molecule has 0 unspecified atom stereocenters. The van der Waals surface area contributed by atoms with Crippen molar-refractivity contribution >= 4 is 33.7 Å². The van der Waals surface area contributed by atoms with Crippen molar-refractivity contribution in [1.29, 1.82) is 0 Å². The van der Waals surface area contributed by atoms with Crippen molar-refractivity contribution < 1.29 is 19.4 Å². The Labute approximate surface area is 105 Å². The van der Waals surface area contributed by atoms with Crippen LogP contribution in [0.4, 0.5) is 10.5 Å². The van der Waals surface area contributed by atoms with E-state index in [1.54, 1.807) is 0 Å². The first-order valence-electron chi connectivity index (χ1n) is 4.48. The number of halogens is 1. The summed E-state index contributed by atoms with van der Waals surface area (Å²) in [5.74, 6) is -1.24. The highest BCUT2D eigenvalue weighted by atomic mass is 79.9. The molecule has 7 heteroatoms. The van der Waals surface area contributed by atoms with Crippen molar-refractivity contribution in [2.45, 2.75) is 0 Å². The minimum Gasteiger partial charge on any atom is -0.476 e. The van der Waals surface area contributed by atoms with Gasteiger partial charge in [-0.1, -0.05) is 12.7 Å². The average molecular weight is 301 g/mol. The molecule has 1 heterocycles. The van der Waals surface area contributed by atoms with Crippen molar-refractivity contribution in [3.8, 4) is 0 Å². The number of hydrogen-bond acceptors (Lipinski definition) is 4. The fourth-order valence-corrected chi connectivity index (χ4v) is 1.32. The third kappa shape index (κ3) is 3.87. The largest absolute Gasteiger partial charge is 0.476 e. The van der Waals surface area contributed by atoms with Gasteiger partial charge in [0.05, 0.1) is 5.69 Å². The van der Waals surface area contributed by atoms with E-state index in [1.165, 1.54) is 18.3 Å². The molecule has 0 fully saturated rings. The lowest BCUT2D eigenvalue weighted by molar-refractivity contribution is 0.0691. The van der Waals surface area contributed by atoms with E-state index in [1.807, 2.05) is 0 Å². The van der Waals surface area contributed by atoms with Gasteiger partial charge in [-0.25, -0.2) is 14.6 Å². The summed E-state index contributed by atoms with van der Waals surface area (Å²) >= 11 is 3.12. The number of carboxylic acids is 1. The molecule has 1 aromatic heterocycles. The molecule has 1 aromatic rings. The number of aromatic nitrogens is 1. The van der Waals surface area contributed by atoms with E-state index in [0.717, 1.165) is 0 Å². The number of pyridine rings is 1. The molecule has 0 aliphatic carbocycles. The van der Waals surface area contributed by atoms with Gasteiger partial charge >= 0.3 is 12.1 Å². The van der Waals surface area contributed by atoms with Crippen molar-refractivity contribution in [3.05, 3.63) is 35.1 Å². The van der Waals surface area contributed by atoms with E-state index < -0.39 is 12.1 Å². The van der Waals surface area contributed by atoms with Crippen molar-refractivity contribution in [1.82, 2.24) is 4.98 Å². The first-order chi connectivity index (χ1) is 8.04. The van der Waals surface area contributed by atoms with Crippen LogP contribution in [0.1, 0.15) is 10.5 Å². The highest BCUT2D eigenvalue weighted by Crippen LogP contribution is 2.19. The van der Waals surface area contributed by atoms with Gasteiger partial charge in [-0.15, -0.1) is 0 Å². The summed E-state index contributed by atoms with van der Waals surface area (Å²) in [4.78, 5) is 25.8. The fraction of sp³-hybridized carbons (Fsp3) is 0.100. The Morgan fingerprint density at radius 1 is 1.65 bits per heavy atom. The van der Waals surface area contributed by atoms with Crippen LogP contribution >= 0.6 is 15.9 Å². The molecule has 0 aliphatic rings. The molecule has 2 N–H and O–H groups in total. The average Bonchev–Trinajstić information content (AvgIpc) is 2.26. The maximum Gasteiger partial charge on any atom is 0.412 e. The monoisotopic (exact) mass is 300 g/mol. The van der Waals surface area contributed by atoms with Crippen LogP contribution < -0.4 is 5.32 Å². The van der Waals surface area contributed by atoms with Gasteiger partial charge < -0.3 is 9.84 Å². The van der Waals surface area contributed by atoms with Crippen LogP contribution in [0.5, 0.6) is 0 Å².